The largest absolute Gasteiger partial charge is 0.343 e. The highest BCUT2D eigenvalue weighted by Gasteiger charge is 1.97. The second-order valence-corrected chi connectivity index (χ2v) is 3.22. The van der Waals surface area contributed by atoms with Crippen LogP contribution in [0.5, 0.6) is 0 Å². The van der Waals surface area contributed by atoms with Gasteiger partial charge in [-0.3, -0.25) is 0 Å². The molecular weight excluding hydrogens is 174 g/mol. The van der Waals surface area contributed by atoms with Crippen molar-refractivity contribution in [2.24, 2.45) is 12.0 Å². The van der Waals surface area contributed by atoms with Crippen molar-refractivity contribution in [1.29, 1.82) is 0 Å². The van der Waals surface area contributed by atoms with Gasteiger partial charge in [0.1, 0.15) is 0 Å². The van der Waals surface area contributed by atoms with Crippen molar-refractivity contribution < 1.29 is 4.79 Å². The molecular formula is C7H11N3OS. The number of thiazole rings is 1. The van der Waals surface area contributed by atoms with Crippen molar-refractivity contribution in [2.45, 2.75) is 6.92 Å². The molecule has 1 heterocycles. The van der Waals surface area contributed by atoms with E-state index in [1.165, 1.54) is 11.3 Å². The van der Waals surface area contributed by atoms with E-state index in [-0.39, 0.29) is 6.03 Å². The molecule has 5 heteroatoms. The Labute approximate surface area is 74.6 Å². The van der Waals surface area contributed by atoms with Crippen molar-refractivity contribution >= 4 is 17.4 Å². The predicted molar refractivity (Wildman–Crippen MR) is 48.0 cm³/mol. The zero-order valence-electron chi connectivity index (χ0n) is 7.29. The van der Waals surface area contributed by atoms with Gasteiger partial charge in [0.2, 0.25) is 0 Å². The summed E-state index contributed by atoms with van der Waals surface area (Å²) < 4.78 is 1.87. The zero-order chi connectivity index (χ0) is 9.14. The van der Waals surface area contributed by atoms with Gasteiger partial charge in [-0.05, 0) is 6.92 Å². The lowest BCUT2D eigenvalue weighted by molar-refractivity contribution is 0.250. The van der Waals surface area contributed by atoms with Crippen LogP contribution in [0.3, 0.4) is 0 Å². The molecule has 1 N–H and O–H groups in total. The second kappa shape index (κ2) is 3.53. The molecule has 0 radical (unpaired) electrons. The Bertz CT molecular complexity index is 350. The van der Waals surface area contributed by atoms with Crippen LogP contribution >= 0.6 is 11.3 Å². The standard InChI is InChI=1S/C7H11N3OS/c1-5-4-12-7(10(5)3)9-6(11)8-2/h4H,1-3H3,(H,8,11). The van der Waals surface area contributed by atoms with Crippen molar-refractivity contribution in [2.75, 3.05) is 7.05 Å². The molecule has 66 valence electrons. The van der Waals surface area contributed by atoms with Crippen LogP contribution in [0.25, 0.3) is 0 Å². The molecule has 12 heavy (non-hydrogen) atoms. The number of carbonyl (C=O) groups is 1. The number of urea groups is 1. The molecule has 2 amide bonds. The number of carbonyl (C=O) groups excluding carboxylic acids is 1. The monoisotopic (exact) mass is 185 g/mol. The van der Waals surface area contributed by atoms with Crippen molar-refractivity contribution in [3.05, 3.63) is 15.9 Å². The molecule has 0 aliphatic rings. The van der Waals surface area contributed by atoms with E-state index < -0.39 is 0 Å². The van der Waals surface area contributed by atoms with E-state index in [1.807, 2.05) is 23.9 Å². The molecule has 1 rings (SSSR count). The van der Waals surface area contributed by atoms with Crippen molar-refractivity contribution in [3.63, 3.8) is 0 Å². The highest BCUT2D eigenvalue weighted by Crippen LogP contribution is 1.95. The van der Waals surface area contributed by atoms with Gasteiger partial charge in [-0.25, -0.2) is 4.79 Å². The minimum absolute atomic E-state index is 0.313. The van der Waals surface area contributed by atoms with Crippen LogP contribution in [0.15, 0.2) is 10.4 Å². The summed E-state index contributed by atoms with van der Waals surface area (Å²) in [5.41, 5.74) is 1.10. The molecule has 1 aromatic heterocycles. The van der Waals surface area contributed by atoms with Gasteiger partial charge in [0.25, 0.3) is 0 Å². The van der Waals surface area contributed by atoms with E-state index in [2.05, 4.69) is 10.3 Å². The molecule has 0 saturated heterocycles. The zero-order valence-corrected chi connectivity index (χ0v) is 8.10. The molecule has 0 atom stereocenters. The average Bonchev–Trinajstić information content (AvgIpc) is 2.36. The van der Waals surface area contributed by atoms with Crippen LogP contribution in [0.2, 0.25) is 0 Å². The van der Waals surface area contributed by atoms with Gasteiger partial charge in [-0.1, -0.05) is 0 Å². The second-order valence-electron chi connectivity index (χ2n) is 2.39. The van der Waals surface area contributed by atoms with Crippen molar-refractivity contribution in [3.8, 4) is 0 Å². The fourth-order valence-electron chi connectivity index (χ4n) is 0.691. The van der Waals surface area contributed by atoms with Crippen molar-refractivity contribution in [1.82, 2.24) is 9.88 Å². The molecule has 0 fully saturated rings. The summed E-state index contributed by atoms with van der Waals surface area (Å²) in [6, 6.07) is -0.313. The summed E-state index contributed by atoms with van der Waals surface area (Å²) in [6.45, 7) is 1.97. The smallest absolute Gasteiger partial charge is 0.339 e. The van der Waals surface area contributed by atoms with Crippen LogP contribution in [-0.2, 0) is 7.05 Å². The topological polar surface area (TPSA) is 46.4 Å². The maximum absolute atomic E-state index is 10.9. The Morgan fingerprint density at radius 1 is 1.75 bits per heavy atom. The normalized spacial score (nSPS) is 11.8. The fourth-order valence-corrected chi connectivity index (χ4v) is 1.56. The van der Waals surface area contributed by atoms with Crippen LogP contribution in [0, 0.1) is 6.92 Å². The summed E-state index contributed by atoms with van der Waals surface area (Å²) >= 11 is 1.46. The maximum Gasteiger partial charge on any atom is 0.343 e. The molecule has 4 nitrogen and oxygen atoms in total. The molecule has 0 aliphatic carbocycles. The molecule has 1 aromatic rings. The van der Waals surface area contributed by atoms with E-state index in [4.69, 9.17) is 0 Å². The summed E-state index contributed by atoms with van der Waals surface area (Å²) in [4.78, 5) is 15.4. The van der Waals surface area contributed by atoms with Gasteiger partial charge < -0.3 is 9.88 Å². The van der Waals surface area contributed by atoms with Crippen LogP contribution < -0.4 is 10.1 Å². The lowest BCUT2D eigenvalue weighted by Crippen LogP contribution is -2.20. The average molecular weight is 185 g/mol. The lowest BCUT2D eigenvalue weighted by Gasteiger charge is -1.93. The van der Waals surface area contributed by atoms with Gasteiger partial charge in [0, 0.05) is 25.2 Å². The minimum Gasteiger partial charge on any atom is -0.339 e. The molecule has 0 spiro atoms. The number of hydrogen-bond donors (Lipinski definition) is 1. The van der Waals surface area contributed by atoms with E-state index in [1.54, 1.807) is 7.05 Å². The minimum atomic E-state index is -0.313. The first kappa shape index (κ1) is 8.99. The Balaban J connectivity index is 3.10. The van der Waals surface area contributed by atoms with Gasteiger partial charge in [0.05, 0.1) is 0 Å². The number of aryl methyl sites for hydroxylation is 1. The summed E-state index contributed by atoms with van der Waals surface area (Å²) in [7, 11) is 3.44. The van der Waals surface area contributed by atoms with Crippen LogP contribution in [0.1, 0.15) is 5.69 Å². The highest BCUT2D eigenvalue weighted by molar-refractivity contribution is 7.07. The van der Waals surface area contributed by atoms with E-state index >= 15 is 0 Å². The summed E-state index contributed by atoms with van der Waals surface area (Å²) in [5.74, 6) is 0. The van der Waals surface area contributed by atoms with E-state index in [0.717, 1.165) is 5.69 Å². The first-order valence-electron chi connectivity index (χ1n) is 3.52. The molecule has 0 aromatic carbocycles. The highest BCUT2D eigenvalue weighted by atomic mass is 32.1. The Kier molecular flexibility index (Phi) is 2.65. The SMILES string of the molecule is CNC(=O)N=c1scc(C)n1C. The van der Waals surface area contributed by atoms with Gasteiger partial charge in [-0.2, -0.15) is 4.99 Å². The maximum atomic E-state index is 10.9. The van der Waals surface area contributed by atoms with Crippen LogP contribution in [-0.4, -0.2) is 17.6 Å². The third-order valence-corrected chi connectivity index (χ3v) is 2.60. The number of amides is 2. The third-order valence-electron chi connectivity index (χ3n) is 1.56. The fraction of sp³-hybridized carbons (Fsp3) is 0.429. The van der Waals surface area contributed by atoms with Gasteiger partial charge >= 0.3 is 6.03 Å². The first-order chi connectivity index (χ1) is 5.65. The van der Waals surface area contributed by atoms with Gasteiger partial charge in [0.15, 0.2) is 4.80 Å². The summed E-state index contributed by atoms with van der Waals surface area (Å²) in [5, 5.41) is 4.40. The quantitative estimate of drug-likeness (QED) is 0.633. The number of hydrogen-bond acceptors (Lipinski definition) is 2. The Morgan fingerprint density at radius 2 is 2.42 bits per heavy atom. The van der Waals surface area contributed by atoms with Crippen LogP contribution in [0.4, 0.5) is 4.79 Å². The molecule has 0 bridgehead atoms. The lowest BCUT2D eigenvalue weighted by atomic mass is 10.6. The Morgan fingerprint density at radius 3 is 2.83 bits per heavy atom. The number of nitrogens with zero attached hydrogens (tertiary/aromatic N) is 2. The first-order valence-corrected chi connectivity index (χ1v) is 4.40. The number of rotatable bonds is 0. The molecule has 0 saturated carbocycles. The molecule has 0 unspecified atom stereocenters. The van der Waals surface area contributed by atoms with E-state index in [0.29, 0.717) is 4.80 Å². The number of nitrogens with one attached hydrogen (secondary N) is 1. The van der Waals surface area contributed by atoms with Gasteiger partial charge in [-0.15, -0.1) is 11.3 Å². The predicted octanol–water partition coefficient (Wildman–Crippen LogP) is 0.635. The molecule has 0 aliphatic heterocycles. The third kappa shape index (κ3) is 1.73. The summed E-state index contributed by atoms with van der Waals surface area (Å²) in [6.07, 6.45) is 0. The number of aromatic nitrogens is 1. The Hall–Kier alpha value is -1.10. The van der Waals surface area contributed by atoms with E-state index in [9.17, 15) is 4.79 Å².